The predicted molar refractivity (Wildman–Crippen MR) is 116 cm³/mol. The van der Waals surface area contributed by atoms with Crippen molar-refractivity contribution in [2.75, 3.05) is 13.1 Å². The molecule has 2 N–H and O–H groups in total. The second-order valence-electron chi connectivity index (χ2n) is 6.67. The number of pyridine rings is 1. The van der Waals surface area contributed by atoms with Crippen molar-refractivity contribution in [2.45, 2.75) is 24.9 Å². The van der Waals surface area contributed by atoms with E-state index in [1.54, 1.807) is 18.6 Å². The highest BCUT2D eigenvalue weighted by Crippen LogP contribution is 2.22. The van der Waals surface area contributed by atoms with Crippen molar-refractivity contribution < 1.29 is 4.79 Å². The third-order valence-corrected chi connectivity index (χ3v) is 4.85. The van der Waals surface area contributed by atoms with Gasteiger partial charge in [0, 0.05) is 12.4 Å². The minimum Gasteiger partial charge on any atom is -0.340 e. The van der Waals surface area contributed by atoms with Gasteiger partial charge >= 0.3 is 0 Å². The van der Waals surface area contributed by atoms with Crippen LogP contribution in [0.15, 0.2) is 61.1 Å². The number of nitrogens with zero attached hydrogens (tertiary/aromatic N) is 4. The molecule has 1 amide bonds. The fourth-order valence-electron chi connectivity index (χ4n) is 3.39. The summed E-state index contributed by atoms with van der Waals surface area (Å²) >= 11 is 0. The Labute approximate surface area is 182 Å². The van der Waals surface area contributed by atoms with E-state index in [1.165, 1.54) is 0 Å². The summed E-state index contributed by atoms with van der Waals surface area (Å²) in [6, 6.07) is 13.7. The summed E-state index contributed by atoms with van der Waals surface area (Å²) in [6.07, 6.45) is 7.22. The highest BCUT2D eigenvalue weighted by Gasteiger charge is 2.22. The van der Waals surface area contributed by atoms with Crippen LogP contribution in [-0.2, 0) is 0 Å². The summed E-state index contributed by atoms with van der Waals surface area (Å²) in [4.78, 5) is 17.0. The Hall–Kier alpha value is -2.48. The van der Waals surface area contributed by atoms with E-state index in [-0.39, 0.29) is 36.8 Å². The van der Waals surface area contributed by atoms with Gasteiger partial charge in [-0.3, -0.25) is 9.78 Å². The van der Waals surface area contributed by atoms with Crippen LogP contribution in [0.25, 0.3) is 0 Å². The molecule has 154 valence electrons. The largest absolute Gasteiger partial charge is 0.340 e. The molecule has 29 heavy (non-hydrogen) atoms. The molecule has 7 nitrogen and oxygen atoms in total. The number of piperidine rings is 1. The second kappa shape index (κ2) is 10.9. The van der Waals surface area contributed by atoms with E-state index in [9.17, 15) is 4.79 Å². The molecule has 1 saturated heterocycles. The highest BCUT2D eigenvalue weighted by atomic mass is 35.5. The number of aromatic nitrogens is 4. The summed E-state index contributed by atoms with van der Waals surface area (Å²) in [5.74, 6) is -0.243. The minimum absolute atomic E-state index is 0. The zero-order valence-corrected chi connectivity index (χ0v) is 17.4. The normalized spacial score (nSPS) is 14.9. The summed E-state index contributed by atoms with van der Waals surface area (Å²) < 4.78 is 1.82. The summed E-state index contributed by atoms with van der Waals surface area (Å²) in [7, 11) is 0. The van der Waals surface area contributed by atoms with Gasteiger partial charge < -0.3 is 10.6 Å². The molecule has 0 spiro atoms. The van der Waals surface area contributed by atoms with E-state index in [0.29, 0.717) is 11.7 Å². The maximum absolute atomic E-state index is 12.8. The van der Waals surface area contributed by atoms with Gasteiger partial charge in [-0.25, -0.2) is 4.68 Å². The number of carbonyl (C=O) groups excluding carboxylic acids is 1. The number of benzene rings is 1. The van der Waals surface area contributed by atoms with Crippen LogP contribution < -0.4 is 10.6 Å². The SMILES string of the molecule is Cl.Cl.O=C(NC(c1ccccc1)c1cccnc1)c1cn(C2CCNCC2)nn1. The molecule has 0 aliphatic carbocycles. The summed E-state index contributed by atoms with van der Waals surface area (Å²) in [6.45, 7) is 1.92. The Morgan fingerprint density at radius 2 is 1.79 bits per heavy atom. The quantitative estimate of drug-likeness (QED) is 0.644. The molecule has 1 atom stereocenters. The van der Waals surface area contributed by atoms with Crippen LogP contribution in [0.4, 0.5) is 0 Å². The summed E-state index contributed by atoms with van der Waals surface area (Å²) in [5.41, 5.74) is 2.24. The van der Waals surface area contributed by atoms with Crippen LogP contribution in [-0.4, -0.2) is 39.0 Å². The number of carbonyl (C=O) groups is 1. The molecule has 1 aliphatic heterocycles. The van der Waals surface area contributed by atoms with Crippen LogP contribution in [0, 0.1) is 0 Å². The predicted octanol–water partition coefficient (Wildman–Crippen LogP) is 2.96. The lowest BCUT2D eigenvalue weighted by Crippen LogP contribution is -2.30. The van der Waals surface area contributed by atoms with Crippen LogP contribution in [0.5, 0.6) is 0 Å². The molecule has 4 rings (SSSR count). The maximum atomic E-state index is 12.8. The van der Waals surface area contributed by atoms with E-state index in [2.05, 4.69) is 25.9 Å². The van der Waals surface area contributed by atoms with Crippen molar-refractivity contribution in [1.29, 1.82) is 0 Å². The maximum Gasteiger partial charge on any atom is 0.274 e. The van der Waals surface area contributed by atoms with E-state index in [4.69, 9.17) is 0 Å². The van der Waals surface area contributed by atoms with Crippen LogP contribution in [0.2, 0.25) is 0 Å². The molecule has 0 bridgehead atoms. The number of rotatable bonds is 5. The Morgan fingerprint density at radius 1 is 1.07 bits per heavy atom. The Balaban J connectivity index is 0.00000150. The first-order valence-electron chi connectivity index (χ1n) is 9.19. The topological polar surface area (TPSA) is 84.7 Å². The van der Waals surface area contributed by atoms with Gasteiger partial charge in [0.2, 0.25) is 0 Å². The molecular formula is C20H24Cl2N6O. The lowest BCUT2D eigenvalue weighted by molar-refractivity contribution is 0.0937. The van der Waals surface area contributed by atoms with E-state index in [0.717, 1.165) is 37.1 Å². The van der Waals surface area contributed by atoms with Crippen molar-refractivity contribution in [3.63, 3.8) is 0 Å². The first-order valence-corrected chi connectivity index (χ1v) is 9.19. The molecule has 1 unspecified atom stereocenters. The molecule has 1 aromatic carbocycles. The fraction of sp³-hybridized carbons (Fsp3) is 0.300. The van der Waals surface area contributed by atoms with Crippen molar-refractivity contribution in [3.05, 3.63) is 77.9 Å². The molecule has 3 heterocycles. The van der Waals surface area contributed by atoms with Crippen LogP contribution in [0.1, 0.15) is 46.5 Å². The highest BCUT2D eigenvalue weighted by molar-refractivity contribution is 5.92. The fourth-order valence-corrected chi connectivity index (χ4v) is 3.39. The summed E-state index contributed by atoms with van der Waals surface area (Å²) in [5, 5.41) is 14.7. The van der Waals surface area contributed by atoms with Gasteiger partial charge in [-0.1, -0.05) is 41.6 Å². The second-order valence-corrected chi connectivity index (χ2v) is 6.67. The van der Waals surface area contributed by atoms with Crippen LogP contribution >= 0.6 is 24.8 Å². The lowest BCUT2D eigenvalue weighted by Gasteiger charge is -2.22. The number of hydrogen-bond acceptors (Lipinski definition) is 5. The van der Waals surface area contributed by atoms with Gasteiger partial charge in [0.25, 0.3) is 5.91 Å². The van der Waals surface area contributed by atoms with Crippen LogP contribution in [0.3, 0.4) is 0 Å². The van der Waals surface area contributed by atoms with Crippen molar-refractivity contribution in [3.8, 4) is 0 Å². The van der Waals surface area contributed by atoms with Gasteiger partial charge in [-0.2, -0.15) is 0 Å². The molecule has 0 saturated carbocycles. The van der Waals surface area contributed by atoms with E-state index in [1.807, 2.05) is 47.1 Å². The minimum atomic E-state index is -0.295. The lowest BCUT2D eigenvalue weighted by atomic mass is 10.00. The number of nitrogens with one attached hydrogen (secondary N) is 2. The molecule has 3 aromatic rings. The van der Waals surface area contributed by atoms with Crippen molar-refractivity contribution in [2.24, 2.45) is 0 Å². The molecule has 0 radical (unpaired) electrons. The van der Waals surface area contributed by atoms with Crippen molar-refractivity contribution in [1.82, 2.24) is 30.6 Å². The number of halogens is 2. The van der Waals surface area contributed by atoms with E-state index < -0.39 is 0 Å². The van der Waals surface area contributed by atoms with E-state index >= 15 is 0 Å². The molecule has 1 fully saturated rings. The Kier molecular flexibility index (Phi) is 8.57. The molecule has 2 aromatic heterocycles. The van der Waals surface area contributed by atoms with Gasteiger partial charge in [0.15, 0.2) is 5.69 Å². The zero-order valence-electron chi connectivity index (χ0n) is 15.8. The third kappa shape index (κ3) is 5.53. The third-order valence-electron chi connectivity index (χ3n) is 4.85. The average Bonchev–Trinajstić information content (AvgIpc) is 3.24. The monoisotopic (exact) mass is 434 g/mol. The first-order chi connectivity index (χ1) is 13.3. The van der Waals surface area contributed by atoms with Gasteiger partial charge in [0.05, 0.1) is 18.3 Å². The first kappa shape index (κ1) is 22.8. The average molecular weight is 435 g/mol. The molecular weight excluding hydrogens is 411 g/mol. The number of hydrogen-bond donors (Lipinski definition) is 2. The smallest absolute Gasteiger partial charge is 0.274 e. The molecule has 1 aliphatic rings. The zero-order chi connectivity index (χ0) is 18.5. The number of amides is 1. The standard InChI is InChI=1S/C20H22N6O.2ClH/c27-20(18-14-26(25-24-18)17-8-11-21-12-9-17)23-19(15-5-2-1-3-6-15)16-7-4-10-22-13-16;;/h1-7,10,13-14,17,19,21H,8-9,11-12H2,(H,23,27);2*1H. The van der Waals surface area contributed by atoms with Crippen molar-refractivity contribution >= 4 is 30.7 Å². The Bertz CT molecular complexity index is 845. The molecule has 9 heteroatoms. The van der Waals surface area contributed by atoms with Gasteiger partial charge in [-0.15, -0.1) is 29.9 Å². The Morgan fingerprint density at radius 3 is 2.48 bits per heavy atom. The van der Waals surface area contributed by atoms with Gasteiger partial charge in [0.1, 0.15) is 0 Å². The van der Waals surface area contributed by atoms with Gasteiger partial charge in [-0.05, 0) is 43.1 Å².